The van der Waals surface area contributed by atoms with Crippen LogP contribution in [-0.2, 0) is 0 Å². The molecule has 4 heteroatoms. The fourth-order valence-electron chi connectivity index (χ4n) is 2.02. The van der Waals surface area contributed by atoms with Gasteiger partial charge in [-0.15, -0.1) is 0 Å². The molecule has 0 saturated heterocycles. The first kappa shape index (κ1) is 10.3. The van der Waals surface area contributed by atoms with Crippen LogP contribution in [0.3, 0.4) is 0 Å². The molecule has 0 atom stereocenters. The summed E-state index contributed by atoms with van der Waals surface area (Å²) in [6.07, 6.45) is 0. The number of rotatable bonds is 0. The van der Waals surface area contributed by atoms with Crippen molar-refractivity contribution in [2.45, 2.75) is 0 Å². The van der Waals surface area contributed by atoms with E-state index in [2.05, 4.69) is 0 Å². The number of benzene rings is 2. The molecule has 0 bridgehead atoms. The van der Waals surface area contributed by atoms with E-state index < -0.39 is 0 Å². The van der Waals surface area contributed by atoms with Crippen molar-refractivity contribution in [3.05, 3.63) is 46.3 Å². The molecule has 3 aromatic rings. The number of halogens is 2. The predicted octanol–water partition coefficient (Wildman–Crippen LogP) is 3.98. The molecule has 3 rings (SSSR count). The first-order valence-corrected chi connectivity index (χ1v) is 5.79. The molecule has 0 unspecified atom stereocenters. The van der Waals surface area contributed by atoms with E-state index in [0.717, 1.165) is 31.5 Å². The van der Waals surface area contributed by atoms with Crippen LogP contribution in [0.5, 0.6) is 0 Å². The Kier molecular flexibility index (Phi) is 2.49. The summed E-state index contributed by atoms with van der Waals surface area (Å²) >= 11 is 12.8. The van der Waals surface area contributed by atoms with Crippen LogP contribution >= 0.6 is 23.2 Å². The van der Waals surface area contributed by atoms with Gasteiger partial charge >= 0.3 is 105 Å². The van der Waals surface area contributed by atoms with E-state index >= 15 is 0 Å². The summed E-state index contributed by atoms with van der Waals surface area (Å²) < 4.78 is 0. The molecule has 0 aliphatic heterocycles. The molecular weight excluding hydrogens is 237 g/mol. The van der Waals surface area contributed by atoms with Crippen molar-refractivity contribution in [2.75, 3.05) is 0 Å². The second-order valence-electron chi connectivity index (χ2n) is 3.72. The van der Waals surface area contributed by atoms with Crippen molar-refractivity contribution in [2.24, 2.45) is 0 Å². The number of fused-ring (bicyclic) bond motifs is 2. The Morgan fingerprint density at radius 2 is 1.50 bits per heavy atom. The van der Waals surface area contributed by atoms with Gasteiger partial charge in [-0.05, 0) is 0 Å². The van der Waals surface area contributed by atoms with Gasteiger partial charge in [0.2, 0.25) is 0 Å². The van der Waals surface area contributed by atoms with Gasteiger partial charge in [0.05, 0.1) is 0 Å². The van der Waals surface area contributed by atoms with Crippen LogP contribution in [0.4, 0.5) is 0 Å². The van der Waals surface area contributed by atoms with Gasteiger partial charge in [0.15, 0.2) is 0 Å². The Bertz CT molecular complexity index is 578. The van der Waals surface area contributed by atoms with Crippen molar-refractivity contribution in [1.29, 1.82) is 0 Å². The van der Waals surface area contributed by atoms with E-state index in [4.69, 9.17) is 23.2 Å². The maximum atomic E-state index is 6.39. The minimum atomic E-state index is 0.774. The number of hydrogen-bond acceptors (Lipinski definition) is 0. The third-order valence-corrected chi connectivity index (χ3v) is 3.61. The van der Waals surface area contributed by atoms with Gasteiger partial charge in [0.1, 0.15) is 0 Å². The fraction of sp³-hybridized carbons (Fsp3) is 0. The molecule has 0 N–H and O–H groups in total. The molecule has 0 radical (unpaired) electrons. The molecule has 0 nitrogen and oxygen atoms in total. The van der Waals surface area contributed by atoms with Gasteiger partial charge in [-0.3, -0.25) is 0 Å². The van der Waals surface area contributed by atoms with Crippen molar-refractivity contribution in [3.63, 3.8) is 0 Å². The fourth-order valence-corrected chi connectivity index (χ4v) is 2.68. The van der Waals surface area contributed by atoms with Crippen LogP contribution < -0.4 is 0 Å². The number of hydrogen-bond donors (Lipinski definition) is 0. The van der Waals surface area contributed by atoms with E-state index in [1.54, 1.807) is 0 Å². The van der Waals surface area contributed by atoms with Gasteiger partial charge in [0, 0.05) is 0 Å². The molecule has 74 valence electrons. The molecule has 2 aromatic carbocycles. The predicted molar refractivity (Wildman–Crippen MR) is 74.2 cm³/mol. The average Bonchev–Trinajstić information content (AvgIpc) is 2.36. The molecular formula is C12H6B2Cl2. The first-order chi connectivity index (χ1) is 7.79. The van der Waals surface area contributed by atoms with Crippen molar-refractivity contribution in [1.82, 2.24) is 0 Å². The zero-order chi connectivity index (χ0) is 11.1. The van der Waals surface area contributed by atoms with Gasteiger partial charge < -0.3 is 0 Å². The Balaban J connectivity index is 2.67. The van der Waals surface area contributed by atoms with Gasteiger partial charge in [-0.1, -0.05) is 0 Å². The Hall–Kier alpha value is -0.850. The SMILES string of the molecule is Clc1c2bbccc2c(Cl)c2ccccc12. The van der Waals surface area contributed by atoms with E-state index in [1.807, 2.05) is 49.9 Å². The van der Waals surface area contributed by atoms with E-state index in [9.17, 15) is 0 Å². The quantitative estimate of drug-likeness (QED) is 0.523. The van der Waals surface area contributed by atoms with Crippen LogP contribution in [0.2, 0.25) is 10.0 Å². The summed E-state index contributed by atoms with van der Waals surface area (Å²) in [7, 11) is 0. The molecule has 16 heavy (non-hydrogen) atoms. The van der Waals surface area contributed by atoms with Crippen LogP contribution in [0.1, 0.15) is 0 Å². The van der Waals surface area contributed by atoms with E-state index in [1.165, 1.54) is 0 Å². The van der Waals surface area contributed by atoms with Crippen molar-refractivity contribution in [3.8, 4) is 0 Å². The maximum absolute atomic E-state index is 6.39. The molecule has 1 aromatic heterocycles. The molecule has 0 amide bonds. The third kappa shape index (κ3) is 1.41. The van der Waals surface area contributed by atoms with Crippen LogP contribution in [0.15, 0.2) is 36.3 Å². The Labute approximate surface area is 105 Å². The minimum absolute atomic E-state index is 0.774. The molecule has 0 saturated carbocycles. The zero-order valence-corrected chi connectivity index (χ0v) is 9.89. The van der Waals surface area contributed by atoms with Crippen LogP contribution in [0, 0.1) is 0 Å². The van der Waals surface area contributed by atoms with Crippen LogP contribution in [0.25, 0.3) is 21.4 Å². The summed E-state index contributed by atoms with van der Waals surface area (Å²) in [6.45, 7) is 3.97. The summed E-state index contributed by atoms with van der Waals surface area (Å²) in [5.41, 5.74) is 0. The van der Waals surface area contributed by atoms with Crippen molar-refractivity contribution < 1.29 is 0 Å². The van der Waals surface area contributed by atoms with Gasteiger partial charge in [-0.2, -0.15) is 0 Å². The summed E-state index contributed by atoms with van der Waals surface area (Å²) in [5, 5.41) is 5.58. The van der Waals surface area contributed by atoms with E-state index in [-0.39, 0.29) is 0 Å². The topological polar surface area (TPSA) is 0 Å². The molecule has 0 fully saturated rings. The Morgan fingerprint density at radius 3 is 2.25 bits per heavy atom. The second kappa shape index (κ2) is 3.87. The second-order valence-corrected chi connectivity index (χ2v) is 4.48. The molecule has 1 heterocycles. The first-order valence-electron chi connectivity index (χ1n) is 5.03. The third-order valence-electron chi connectivity index (χ3n) is 2.80. The van der Waals surface area contributed by atoms with Crippen molar-refractivity contribution >= 4 is 58.2 Å². The summed E-state index contributed by atoms with van der Waals surface area (Å²) in [4.78, 5) is 0. The molecule has 0 aliphatic rings. The van der Waals surface area contributed by atoms with E-state index in [0.29, 0.717) is 0 Å². The summed E-state index contributed by atoms with van der Waals surface area (Å²) in [5.74, 6) is 1.97. The molecule has 0 aliphatic carbocycles. The average molecular weight is 243 g/mol. The Morgan fingerprint density at radius 1 is 0.812 bits per heavy atom. The monoisotopic (exact) mass is 242 g/mol. The normalized spacial score (nSPS) is 10.6. The standard InChI is InChI=1S/C12H6B2Cl2/c15-11-7-3-1-2-4-8(7)12(16)10-9(11)5-6-13-14-10/h1-6H. The van der Waals surface area contributed by atoms with Crippen LogP contribution in [-0.4, -0.2) is 13.6 Å². The molecule has 0 spiro atoms. The summed E-state index contributed by atoms with van der Waals surface area (Å²) in [6, 6.07) is 9.93. The van der Waals surface area contributed by atoms with Gasteiger partial charge in [0.25, 0.3) is 0 Å². The van der Waals surface area contributed by atoms with Gasteiger partial charge in [-0.25, -0.2) is 0 Å². The zero-order valence-electron chi connectivity index (χ0n) is 8.37.